The molecular weight excluding hydrogens is 432 g/mol. The highest BCUT2D eigenvalue weighted by Gasteiger charge is 2.39. The van der Waals surface area contributed by atoms with E-state index < -0.39 is 15.4 Å². The summed E-state index contributed by atoms with van der Waals surface area (Å²) in [6, 6.07) is 17.8. The number of ether oxygens (including phenoxy) is 1. The average Bonchev–Trinajstić information content (AvgIpc) is 3.04. The number of aromatic nitrogens is 1. The van der Waals surface area contributed by atoms with Crippen molar-refractivity contribution in [3.8, 4) is 16.9 Å². The first-order chi connectivity index (χ1) is 14.8. The summed E-state index contributed by atoms with van der Waals surface area (Å²) < 4.78 is 28.9. The summed E-state index contributed by atoms with van der Waals surface area (Å²) in [5.41, 5.74) is 2.19. The maximum atomic E-state index is 12.5. The molecule has 0 bridgehead atoms. The fourth-order valence-electron chi connectivity index (χ4n) is 3.86. The molecule has 31 heavy (non-hydrogen) atoms. The summed E-state index contributed by atoms with van der Waals surface area (Å²) in [5.74, 6) is 0.785. The van der Waals surface area contributed by atoms with Crippen molar-refractivity contribution in [3.05, 3.63) is 54.6 Å². The molecule has 1 aromatic heterocycles. The Bertz CT molecular complexity index is 1230. The molecule has 0 radical (unpaired) electrons. The van der Waals surface area contributed by atoms with Crippen molar-refractivity contribution in [2.24, 2.45) is 0 Å². The number of sulfone groups is 1. The molecule has 1 amide bonds. The lowest BCUT2D eigenvalue weighted by atomic mass is 10.0. The van der Waals surface area contributed by atoms with E-state index in [1.54, 1.807) is 14.0 Å². The highest BCUT2D eigenvalue weighted by Crippen LogP contribution is 2.33. The van der Waals surface area contributed by atoms with Crippen LogP contribution in [0.3, 0.4) is 0 Å². The SMILES string of the molecule is COc1ccc2c(-c3ccccc3)cc(SCC(=O)NC3(C)CCS(=O)(=O)C3)nc2c1. The molecule has 1 atom stereocenters. The van der Waals surface area contributed by atoms with Crippen molar-refractivity contribution in [1.29, 1.82) is 0 Å². The highest BCUT2D eigenvalue weighted by atomic mass is 32.2. The highest BCUT2D eigenvalue weighted by molar-refractivity contribution is 7.99. The number of pyridine rings is 1. The van der Waals surface area contributed by atoms with Gasteiger partial charge in [-0.15, -0.1) is 0 Å². The maximum absolute atomic E-state index is 12.5. The standard InChI is InChI=1S/C23H24N2O4S2/c1-23(10-11-31(27,28)15-23)25-21(26)14-30-22-13-19(16-6-4-3-5-7-16)18-9-8-17(29-2)12-20(18)24-22/h3-9,12-13H,10-11,14-15H2,1-2H3,(H,25,26). The molecule has 1 saturated heterocycles. The Hall–Kier alpha value is -2.58. The molecule has 1 N–H and O–H groups in total. The minimum atomic E-state index is -3.08. The van der Waals surface area contributed by atoms with Gasteiger partial charge < -0.3 is 10.1 Å². The van der Waals surface area contributed by atoms with E-state index in [1.165, 1.54) is 11.8 Å². The first-order valence-electron chi connectivity index (χ1n) is 9.95. The van der Waals surface area contributed by atoms with Crippen molar-refractivity contribution < 1.29 is 17.9 Å². The molecule has 162 valence electrons. The molecule has 2 heterocycles. The van der Waals surface area contributed by atoms with E-state index in [4.69, 9.17) is 9.72 Å². The maximum Gasteiger partial charge on any atom is 0.230 e. The van der Waals surface area contributed by atoms with Crippen molar-refractivity contribution >= 4 is 38.4 Å². The Morgan fingerprint density at radius 2 is 1.97 bits per heavy atom. The van der Waals surface area contributed by atoms with E-state index in [1.807, 2.05) is 54.6 Å². The molecule has 4 rings (SSSR count). The van der Waals surface area contributed by atoms with Crippen LogP contribution in [0.4, 0.5) is 0 Å². The van der Waals surface area contributed by atoms with Crippen molar-refractivity contribution in [2.45, 2.75) is 23.9 Å². The van der Waals surface area contributed by atoms with Crippen LogP contribution >= 0.6 is 11.8 Å². The number of benzene rings is 2. The smallest absolute Gasteiger partial charge is 0.230 e. The normalized spacial score (nSPS) is 19.9. The second-order valence-electron chi connectivity index (χ2n) is 8.00. The first kappa shape index (κ1) is 21.6. The van der Waals surface area contributed by atoms with Gasteiger partial charge in [0.25, 0.3) is 0 Å². The molecule has 1 aliphatic rings. The summed E-state index contributed by atoms with van der Waals surface area (Å²) in [6.07, 6.45) is 0.442. The number of fused-ring (bicyclic) bond motifs is 1. The van der Waals surface area contributed by atoms with Crippen molar-refractivity contribution in [3.63, 3.8) is 0 Å². The third-order valence-corrected chi connectivity index (χ3v) is 8.19. The lowest BCUT2D eigenvalue weighted by Gasteiger charge is -2.23. The van der Waals surface area contributed by atoms with E-state index in [-0.39, 0.29) is 23.2 Å². The molecule has 3 aromatic rings. The zero-order chi connectivity index (χ0) is 22.1. The van der Waals surface area contributed by atoms with Gasteiger partial charge in [0.15, 0.2) is 9.84 Å². The molecule has 1 unspecified atom stereocenters. The van der Waals surface area contributed by atoms with Crippen molar-refractivity contribution in [2.75, 3.05) is 24.4 Å². The van der Waals surface area contributed by atoms with Crippen LogP contribution in [0.15, 0.2) is 59.6 Å². The van der Waals surface area contributed by atoms with Gasteiger partial charge >= 0.3 is 0 Å². The van der Waals surface area contributed by atoms with Crippen LogP contribution in [0.25, 0.3) is 22.0 Å². The van der Waals surface area contributed by atoms with E-state index in [0.29, 0.717) is 12.2 Å². The van der Waals surface area contributed by atoms with Gasteiger partial charge in [0.1, 0.15) is 5.75 Å². The topological polar surface area (TPSA) is 85.4 Å². The van der Waals surface area contributed by atoms with Gasteiger partial charge in [-0.1, -0.05) is 42.1 Å². The number of thioether (sulfide) groups is 1. The summed E-state index contributed by atoms with van der Waals surface area (Å²) in [6.45, 7) is 1.79. The molecule has 0 saturated carbocycles. The lowest BCUT2D eigenvalue weighted by molar-refractivity contribution is -0.120. The van der Waals surface area contributed by atoms with Crippen LogP contribution < -0.4 is 10.1 Å². The second kappa shape index (κ2) is 8.51. The first-order valence-corrected chi connectivity index (χ1v) is 12.8. The Kier molecular flexibility index (Phi) is 5.94. The number of hydrogen-bond acceptors (Lipinski definition) is 6. The van der Waals surface area contributed by atoms with Gasteiger partial charge in [0.2, 0.25) is 5.91 Å². The van der Waals surface area contributed by atoms with Crippen molar-refractivity contribution in [1.82, 2.24) is 10.3 Å². The zero-order valence-electron chi connectivity index (χ0n) is 17.4. The number of rotatable bonds is 6. The third kappa shape index (κ3) is 5.02. The molecule has 1 fully saturated rings. The van der Waals surface area contributed by atoms with Gasteiger partial charge in [-0.05, 0) is 42.7 Å². The molecule has 1 aliphatic heterocycles. The Balaban J connectivity index is 1.58. The van der Waals surface area contributed by atoms with Gasteiger partial charge in [0, 0.05) is 11.5 Å². The molecule has 2 aromatic carbocycles. The van der Waals surface area contributed by atoms with E-state index in [9.17, 15) is 13.2 Å². The Morgan fingerprint density at radius 1 is 1.19 bits per heavy atom. The van der Waals surface area contributed by atoms with E-state index in [0.717, 1.165) is 27.1 Å². The van der Waals surface area contributed by atoms with Crippen LogP contribution in [0.2, 0.25) is 0 Å². The van der Waals surface area contributed by atoms with Gasteiger partial charge in [0.05, 0.1) is 40.4 Å². The van der Waals surface area contributed by atoms with Crippen LogP contribution in [0, 0.1) is 0 Å². The zero-order valence-corrected chi connectivity index (χ0v) is 19.1. The average molecular weight is 457 g/mol. The third-order valence-electron chi connectivity index (χ3n) is 5.37. The number of amides is 1. The number of carbonyl (C=O) groups is 1. The van der Waals surface area contributed by atoms with Crippen LogP contribution in [0.5, 0.6) is 5.75 Å². The number of methoxy groups -OCH3 is 1. The second-order valence-corrected chi connectivity index (χ2v) is 11.2. The minimum absolute atomic E-state index is 0.0113. The van der Waals surface area contributed by atoms with Gasteiger partial charge in [-0.2, -0.15) is 0 Å². The molecule has 0 aliphatic carbocycles. The number of hydrogen-bond donors (Lipinski definition) is 1. The summed E-state index contributed by atoms with van der Waals surface area (Å²) in [4.78, 5) is 17.3. The Morgan fingerprint density at radius 3 is 2.65 bits per heavy atom. The summed E-state index contributed by atoms with van der Waals surface area (Å²) in [7, 11) is -1.46. The molecule has 0 spiro atoms. The molecule has 8 heteroatoms. The monoisotopic (exact) mass is 456 g/mol. The molecular formula is C23H24N2O4S2. The van der Waals surface area contributed by atoms with Gasteiger partial charge in [-0.25, -0.2) is 13.4 Å². The summed E-state index contributed by atoms with van der Waals surface area (Å²) in [5, 5.41) is 4.62. The number of nitrogens with zero attached hydrogens (tertiary/aromatic N) is 1. The van der Waals surface area contributed by atoms with Gasteiger partial charge in [-0.3, -0.25) is 4.79 Å². The van der Waals surface area contributed by atoms with Crippen LogP contribution in [0.1, 0.15) is 13.3 Å². The number of carbonyl (C=O) groups excluding carboxylic acids is 1. The van der Waals surface area contributed by atoms with Crippen LogP contribution in [-0.4, -0.2) is 49.2 Å². The summed E-state index contributed by atoms with van der Waals surface area (Å²) >= 11 is 1.33. The quantitative estimate of drug-likeness (QED) is 0.570. The van der Waals surface area contributed by atoms with E-state index in [2.05, 4.69) is 5.32 Å². The fourth-order valence-corrected chi connectivity index (χ4v) is 6.67. The number of nitrogens with one attached hydrogen (secondary N) is 1. The molecule has 6 nitrogen and oxygen atoms in total. The predicted octanol–water partition coefficient (Wildman–Crippen LogP) is 3.70. The lowest BCUT2D eigenvalue weighted by Crippen LogP contribution is -2.47. The van der Waals surface area contributed by atoms with E-state index >= 15 is 0 Å². The Labute approximate surface area is 186 Å². The van der Waals surface area contributed by atoms with Crippen LogP contribution in [-0.2, 0) is 14.6 Å². The minimum Gasteiger partial charge on any atom is -0.497 e. The predicted molar refractivity (Wildman–Crippen MR) is 124 cm³/mol. The fraction of sp³-hybridized carbons (Fsp3) is 0.304. The largest absolute Gasteiger partial charge is 0.497 e.